The van der Waals surface area contributed by atoms with E-state index in [1.54, 1.807) is 12.4 Å². The van der Waals surface area contributed by atoms with E-state index in [4.69, 9.17) is 0 Å². The molecular formula is C48H54N4O2. The number of allylic oxidation sites excluding steroid dienone is 10. The molecule has 5 rings (SSSR count). The topological polar surface area (TPSA) is 83.6 Å². The van der Waals surface area contributed by atoms with Crippen molar-refractivity contribution in [1.82, 2.24) is 0 Å². The molecule has 2 aliphatic carbocycles. The third-order valence-electron chi connectivity index (χ3n) is 9.49. The van der Waals surface area contributed by atoms with Crippen LogP contribution in [0.2, 0.25) is 0 Å². The lowest BCUT2D eigenvalue weighted by Gasteiger charge is -2.31. The van der Waals surface area contributed by atoms with Crippen molar-refractivity contribution in [3.63, 3.8) is 0 Å². The summed E-state index contributed by atoms with van der Waals surface area (Å²) in [7, 11) is 0. The molecule has 0 atom stereocenters. The normalized spacial score (nSPS) is 16.1. The highest BCUT2D eigenvalue weighted by atomic mass is 16.1. The molecule has 0 heterocycles. The Morgan fingerprint density at radius 2 is 0.852 bits per heavy atom. The fraction of sp³-hybridized carbons (Fsp3) is 0.333. The number of azo groups is 2. The minimum Gasteiger partial charge on any atom is -0.289 e. The zero-order valence-electron chi connectivity index (χ0n) is 34.0. The van der Waals surface area contributed by atoms with Crippen molar-refractivity contribution in [2.75, 3.05) is 0 Å². The van der Waals surface area contributed by atoms with Crippen LogP contribution in [0.15, 0.2) is 163 Å². The number of ketones is 2. The largest absolute Gasteiger partial charge is 0.289 e. The minimum absolute atomic E-state index is 0.0944. The Labute approximate surface area is 322 Å². The Balaban J connectivity index is 1.43. The summed E-state index contributed by atoms with van der Waals surface area (Å²) in [6, 6.07) is 24.3. The van der Waals surface area contributed by atoms with E-state index < -0.39 is 0 Å². The van der Waals surface area contributed by atoms with Crippen LogP contribution in [0, 0.1) is 21.7 Å². The SMILES string of the molecule is CC(C)(C)C1=CC(=CN=Nc2ccc(-c3ccc(N=NC=C4C=C(C(C)(C)C)C(=O)C(C(C)(C)C)=C4)c(-c4ccccc4)c3)cc2)C=C(C(C)(C)C)C1=O. The maximum atomic E-state index is 13.4. The predicted molar refractivity (Wildman–Crippen MR) is 223 cm³/mol. The van der Waals surface area contributed by atoms with Gasteiger partial charge in [0, 0.05) is 27.9 Å². The van der Waals surface area contributed by atoms with E-state index in [0.717, 1.165) is 67.1 Å². The van der Waals surface area contributed by atoms with Crippen LogP contribution in [-0.2, 0) is 9.59 Å². The van der Waals surface area contributed by atoms with Crippen LogP contribution in [-0.4, -0.2) is 11.6 Å². The van der Waals surface area contributed by atoms with Gasteiger partial charge in [-0.1, -0.05) is 132 Å². The third kappa shape index (κ3) is 9.40. The summed E-state index contributed by atoms with van der Waals surface area (Å²) in [6.45, 7) is 24.7. The first-order valence-corrected chi connectivity index (χ1v) is 18.6. The molecule has 0 saturated heterocycles. The van der Waals surface area contributed by atoms with Gasteiger partial charge in [-0.25, -0.2) is 0 Å². The number of nitrogens with zero attached hydrogens (tertiary/aromatic N) is 4. The number of hydrogen-bond acceptors (Lipinski definition) is 6. The molecule has 3 aromatic carbocycles. The van der Waals surface area contributed by atoms with Crippen molar-refractivity contribution in [2.24, 2.45) is 42.1 Å². The Morgan fingerprint density at radius 3 is 1.28 bits per heavy atom. The molecule has 0 aliphatic heterocycles. The van der Waals surface area contributed by atoms with Crippen molar-refractivity contribution >= 4 is 22.9 Å². The van der Waals surface area contributed by atoms with Gasteiger partial charge in [-0.05, 0) is 98.1 Å². The highest BCUT2D eigenvalue weighted by molar-refractivity contribution is 6.12. The Hall–Kier alpha value is -5.36. The molecule has 6 heteroatoms. The average Bonchev–Trinajstić information content (AvgIpc) is 3.08. The third-order valence-corrected chi connectivity index (χ3v) is 9.49. The van der Waals surface area contributed by atoms with E-state index >= 15 is 0 Å². The molecule has 3 aromatic rings. The molecule has 54 heavy (non-hydrogen) atoms. The Morgan fingerprint density at radius 1 is 0.444 bits per heavy atom. The first-order chi connectivity index (χ1) is 25.1. The molecule has 0 fully saturated rings. The van der Waals surface area contributed by atoms with E-state index in [0.29, 0.717) is 0 Å². The van der Waals surface area contributed by atoms with Crippen molar-refractivity contribution in [3.05, 3.63) is 143 Å². The molecule has 0 aromatic heterocycles. The number of hydrogen-bond donors (Lipinski definition) is 0. The summed E-state index contributed by atoms with van der Waals surface area (Å²) in [5.74, 6) is 0.193. The van der Waals surface area contributed by atoms with E-state index in [1.807, 2.05) is 78.9 Å². The van der Waals surface area contributed by atoms with Gasteiger partial charge in [-0.15, -0.1) is 0 Å². The first kappa shape index (κ1) is 39.8. The predicted octanol–water partition coefficient (Wildman–Crippen LogP) is 14.0. The molecular weight excluding hydrogens is 665 g/mol. The summed E-state index contributed by atoms with van der Waals surface area (Å²) in [6.07, 6.45) is 11.2. The molecule has 0 N–H and O–H groups in total. The molecule has 278 valence electrons. The van der Waals surface area contributed by atoms with Crippen molar-refractivity contribution < 1.29 is 9.59 Å². The van der Waals surface area contributed by atoms with Crippen LogP contribution < -0.4 is 0 Å². The smallest absolute Gasteiger partial charge is 0.186 e. The average molecular weight is 719 g/mol. The Bertz CT molecular complexity index is 2120. The van der Waals surface area contributed by atoms with E-state index in [-0.39, 0.29) is 33.2 Å². The second-order valence-electron chi connectivity index (χ2n) is 18.2. The van der Waals surface area contributed by atoms with Gasteiger partial charge in [0.05, 0.1) is 23.8 Å². The van der Waals surface area contributed by atoms with Crippen LogP contribution >= 0.6 is 0 Å². The quantitative estimate of drug-likeness (QED) is 0.238. The molecule has 2 aliphatic rings. The molecule has 0 amide bonds. The molecule has 0 unspecified atom stereocenters. The summed E-state index contributed by atoms with van der Waals surface area (Å²) >= 11 is 0. The highest BCUT2D eigenvalue weighted by Crippen LogP contribution is 2.41. The van der Waals surface area contributed by atoms with Crippen LogP contribution in [0.25, 0.3) is 22.3 Å². The summed E-state index contributed by atoms with van der Waals surface area (Å²) < 4.78 is 0. The monoisotopic (exact) mass is 718 g/mol. The van der Waals surface area contributed by atoms with E-state index in [1.165, 1.54) is 0 Å². The molecule has 0 spiro atoms. The maximum Gasteiger partial charge on any atom is 0.186 e. The van der Waals surface area contributed by atoms with E-state index in [2.05, 4.69) is 122 Å². The number of Topliss-reactive ketones (excluding diaryl/α,β-unsaturated/α-hetero) is 2. The number of benzene rings is 3. The molecule has 0 bridgehead atoms. The minimum atomic E-state index is -0.299. The van der Waals surface area contributed by atoms with Crippen LogP contribution in [0.5, 0.6) is 0 Å². The summed E-state index contributed by atoms with van der Waals surface area (Å²) in [5.41, 5.74) is 9.16. The number of carbonyl (C=O) groups excluding carboxylic acids is 2. The van der Waals surface area contributed by atoms with Gasteiger partial charge < -0.3 is 0 Å². The van der Waals surface area contributed by atoms with Crippen LogP contribution in [0.1, 0.15) is 83.1 Å². The zero-order chi connectivity index (χ0) is 39.6. The summed E-state index contributed by atoms with van der Waals surface area (Å²) in [5, 5.41) is 18.1. The van der Waals surface area contributed by atoms with E-state index in [9.17, 15) is 9.59 Å². The second-order valence-corrected chi connectivity index (χ2v) is 18.2. The van der Waals surface area contributed by atoms with Crippen LogP contribution in [0.4, 0.5) is 11.4 Å². The fourth-order valence-electron chi connectivity index (χ4n) is 6.37. The highest BCUT2D eigenvalue weighted by Gasteiger charge is 2.35. The lowest BCUT2D eigenvalue weighted by Crippen LogP contribution is -2.27. The van der Waals surface area contributed by atoms with Gasteiger partial charge in [0.1, 0.15) is 0 Å². The van der Waals surface area contributed by atoms with Gasteiger partial charge in [-0.3, -0.25) is 9.59 Å². The standard InChI is InChI=1S/C48H54N4O2/c1-45(2,3)38-24-31(25-39(43(38)53)46(4,5)6)29-49-51-36-21-18-33(19-22-36)35-20-23-42(37(28-35)34-16-14-13-15-17-34)52-50-30-32-26-40(47(7,8)9)44(54)41(27-32)48(10,11)12/h13-30H,1-12H3. The van der Waals surface area contributed by atoms with Crippen molar-refractivity contribution in [1.29, 1.82) is 0 Å². The molecule has 0 radical (unpaired) electrons. The van der Waals surface area contributed by atoms with Crippen molar-refractivity contribution in [3.8, 4) is 22.3 Å². The van der Waals surface area contributed by atoms with Crippen molar-refractivity contribution in [2.45, 2.75) is 83.1 Å². The fourth-order valence-corrected chi connectivity index (χ4v) is 6.37. The van der Waals surface area contributed by atoms with Gasteiger partial charge in [-0.2, -0.15) is 20.5 Å². The number of carbonyl (C=O) groups is 2. The van der Waals surface area contributed by atoms with Gasteiger partial charge >= 0.3 is 0 Å². The summed E-state index contributed by atoms with van der Waals surface area (Å²) in [4.78, 5) is 26.7. The van der Waals surface area contributed by atoms with Gasteiger partial charge in [0.15, 0.2) is 11.6 Å². The maximum absolute atomic E-state index is 13.4. The van der Waals surface area contributed by atoms with Gasteiger partial charge in [0.2, 0.25) is 0 Å². The Kier molecular flexibility index (Phi) is 11.2. The van der Waals surface area contributed by atoms with Gasteiger partial charge in [0.25, 0.3) is 0 Å². The van der Waals surface area contributed by atoms with Crippen LogP contribution in [0.3, 0.4) is 0 Å². The molecule has 6 nitrogen and oxygen atoms in total. The number of rotatable bonds is 6. The lowest BCUT2D eigenvalue weighted by atomic mass is 9.72. The molecule has 0 saturated carbocycles. The zero-order valence-corrected chi connectivity index (χ0v) is 34.0. The first-order valence-electron chi connectivity index (χ1n) is 18.6. The second kappa shape index (κ2) is 15.2. The lowest BCUT2D eigenvalue weighted by molar-refractivity contribution is -0.114.